The van der Waals surface area contributed by atoms with Gasteiger partial charge >= 0.3 is 0 Å². The summed E-state index contributed by atoms with van der Waals surface area (Å²) in [5.41, 5.74) is 4.93. The minimum atomic E-state index is -0.668. The minimum Gasteiger partial charge on any atom is -0.464 e. The molecule has 0 fully saturated rings. The molecule has 1 N–H and O–H groups in total. The number of aromatic nitrogens is 3. The third kappa shape index (κ3) is 4.64. The molecule has 1 amide bonds. The smallest absolute Gasteiger partial charge is 0.260 e. The number of ether oxygens (including phenoxy) is 1. The number of aryl methyl sites for hydroxylation is 2. The van der Waals surface area contributed by atoms with E-state index in [2.05, 4.69) is 34.7 Å². The van der Waals surface area contributed by atoms with E-state index in [1.807, 2.05) is 61.0 Å². The summed E-state index contributed by atoms with van der Waals surface area (Å²) in [6.07, 6.45) is 0.106. The second-order valence-corrected chi connectivity index (χ2v) is 7.76. The van der Waals surface area contributed by atoms with Crippen LogP contribution in [-0.2, 0) is 17.8 Å². The Hall–Kier alpha value is -3.67. The summed E-state index contributed by atoms with van der Waals surface area (Å²) in [6.45, 7) is 7.02. The van der Waals surface area contributed by atoms with Crippen molar-refractivity contribution in [1.29, 1.82) is 0 Å². The lowest BCUT2D eigenvalue weighted by Crippen LogP contribution is -2.37. The Labute approximate surface area is 188 Å². The topological polar surface area (TPSA) is 69.0 Å². The van der Waals surface area contributed by atoms with Gasteiger partial charge in [-0.1, -0.05) is 60.7 Å². The predicted molar refractivity (Wildman–Crippen MR) is 127 cm³/mol. The molecule has 1 atom stereocenters. The molecule has 0 saturated heterocycles. The summed E-state index contributed by atoms with van der Waals surface area (Å²) in [6, 6.07) is 22.1. The summed E-state index contributed by atoms with van der Waals surface area (Å²) in [5.74, 6) is 0.251. The van der Waals surface area contributed by atoms with Gasteiger partial charge in [0, 0.05) is 19.2 Å². The van der Waals surface area contributed by atoms with E-state index < -0.39 is 6.10 Å². The van der Waals surface area contributed by atoms with Crippen LogP contribution in [0.4, 0.5) is 0 Å². The van der Waals surface area contributed by atoms with Gasteiger partial charge in [0.15, 0.2) is 11.8 Å². The first-order valence-electron chi connectivity index (χ1n) is 11.0. The lowest BCUT2D eigenvalue weighted by atomic mass is 10.0. The van der Waals surface area contributed by atoms with Crippen LogP contribution in [0.5, 0.6) is 5.88 Å². The van der Waals surface area contributed by atoms with Gasteiger partial charge in [-0.15, -0.1) is 0 Å². The van der Waals surface area contributed by atoms with E-state index in [0.717, 1.165) is 34.3 Å². The lowest BCUT2D eigenvalue weighted by Gasteiger charge is -2.15. The summed E-state index contributed by atoms with van der Waals surface area (Å²) in [7, 11) is 0. The molecular weight excluding hydrogens is 400 g/mol. The van der Waals surface area contributed by atoms with E-state index in [0.29, 0.717) is 19.0 Å². The van der Waals surface area contributed by atoms with Crippen LogP contribution in [0.1, 0.15) is 25.1 Å². The van der Waals surface area contributed by atoms with Crippen molar-refractivity contribution in [1.82, 2.24) is 20.1 Å². The summed E-state index contributed by atoms with van der Waals surface area (Å²) < 4.78 is 7.86. The number of nitrogens with zero attached hydrogens (tertiary/aromatic N) is 3. The number of hydrogen-bond donors (Lipinski definition) is 1. The van der Waals surface area contributed by atoms with Crippen LogP contribution in [0.25, 0.3) is 22.2 Å². The number of hydrogen-bond acceptors (Lipinski definition) is 4. The molecule has 2 aromatic heterocycles. The first kappa shape index (κ1) is 21.6. The van der Waals surface area contributed by atoms with Crippen LogP contribution >= 0.6 is 0 Å². The molecule has 0 aliphatic rings. The maximum Gasteiger partial charge on any atom is 0.260 e. The average molecular weight is 429 g/mol. The van der Waals surface area contributed by atoms with Crippen molar-refractivity contribution in [3.05, 3.63) is 78.0 Å². The van der Waals surface area contributed by atoms with Crippen molar-refractivity contribution >= 4 is 16.9 Å². The molecule has 0 aliphatic heterocycles. The van der Waals surface area contributed by atoms with Crippen molar-refractivity contribution < 1.29 is 9.53 Å². The Bertz CT molecular complexity index is 1200. The number of carbonyl (C=O) groups is 1. The Balaban J connectivity index is 1.55. The fraction of sp³-hybridized carbons (Fsp3) is 0.269. The molecule has 0 aliphatic carbocycles. The summed E-state index contributed by atoms with van der Waals surface area (Å²) in [5, 5.41) is 8.60. The molecule has 4 rings (SSSR count). The molecular formula is C26H28N4O2. The third-order valence-corrected chi connectivity index (χ3v) is 5.46. The maximum absolute atomic E-state index is 12.6. The van der Waals surface area contributed by atoms with Crippen molar-refractivity contribution in [3.8, 4) is 17.0 Å². The number of nitrogens with one attached hydrogen (secondary N) is 1. The SMILES string of the molecule is CCn1nc(C)c2c(-c3ccccc3)cc(O[C@@H](C)C(=O)NCCc3ccccc3)nc21. The summed E-state index contributed by atoms with van der Waals surface area (Å²) in [4.78, 5) is 17.3. The predicted octanol–water partition coefficient (Wildman–Crippen LogP) is 4.55. The number of rotatable bonds is 8. The van der Waals surface area contributed by atoms with Crippen LogP contribution in [0.15, 0.2) is 66.7 Å². The molecule has 2 heterocycles. The highest BCUT2D eigenvalue weighted by atomic mass is 16.5. The molecule has 0 saturated carbocycles. The largest absolute Gasteiger partial charge is 0.464 e. The first-order chi connectivity index (χ1) is 15.6. The van der Waals surface area contributed by atoms with E-state index in [1.54, 1.807) is 6.92 Å². The van der Waals surface area contributed by atoms with Gasteiger partial charge in [0.25, 0.3) is 5.91 Å². The third-order valence-electron chi connectivity index (χ3n) is 5.46. The van der Waals surface area contributed by atoms with Gasteiger partial charge in [-0.25, -0.2) is 4.68 Å². The molecule has 6 nitrogen and oxygen atoms in total. The number of amides is 1. The van der Waals surface area contributed by atoms with E-state index in [4.69, 9.17) is 9.72 Å². The Morgan fingerprint density at radius 2 is 1.78 bits per heavy atom. The Kier molecular flexibility index (Phi) is 6.50. The second-order valence-electron chi connectivity index (χ2n) is 7.76. The monoisotopic (exact) mass is 428 g/mol. The molecule has 32 heavy (non-hydrogen) atoms. The van der Waals surface area contributed by atoms with Gasteiger partial charge in [-0.05, 0) is 43.9 Å². The van der Waals surface area contributed by atoms with E-state index in [9.17, 15) is 4.79 Å². The van der Waals surface area contributed by atoms with E-state index in [-0.39, 0.29) is 5.91 Å². The van der Waals surface area contributed by atoms with Crippen LogP contribution in [0.3, 0.4) is 0 Å². The van der Waals surface area contributed by atoms with Crippen LogP contribution in [-0.4, -0.2) is 33.3 Å². The van der Waals surface area contributed by atoms with Crippen LogP contribution < -0.4 is 10.1 Å². The molecule has 4 aromatic rings. The standard InChI is InChI=1S/C26H28N4O2/c1-4-30-25-24(18(2)29-30)22(21-13-9-6-10-14-21)17-23(28-25)32-19(3)26(31)27-16-15-20-11-7-5-8-12-20/h5-14,17,19H,4,15-16H2,1-3H3,(H,27,31)/t19-/m0/s1. The highest BCUT2D eigenvalue weighted by Gasteiger charge is 2.20. The molecule has 0 unspecified atom stereocenters. The normalized spacial score (nSPS) is 12.0. The van der Waals surface area contributed by atoms with E-state index in [1.165, 1.54) is 5.56 Å². The summed E-state index contributed by atoms with van der Waals surface area (Å²) >= 11 is 0. The fourth-order valence-electron chi connectivity index (χ4n) is 3.81. The van der Waals surface area contributed by atoms with Gasteiger partial charge in [0.2, 0.25) is 5.88 Å². The molecule has 2 aromatic carbocycles. The van der Waals surface area contributed by atoms with Gasteiger partial charge in [0.05, 0.1) is 11.1 Å². The molecule has 164 valence electrons. The molecule has 0 bridgehead atoms. The number of carbonyl (C=O) groups excluding carboxylic acids is 1. The van der Waals surface area contributed by atoms with Crippen molar-refractivity contribution in [3.63, 3.8) is 0 Å². The second kappa shape index (κ2) is 9.64. The zero-order valence-corrected chi connectivity index (χ0v) is 18.7. The zero-order chi connectivity index (χ0) is 22.5. The van der Waals surface area contributed by atoms with Gasteiger partial charge in [-0.3, -0.25) is 4.79 Å². The van der Waals surface area contributed by atoms with Crippen LogP contribution in [0.2, 0.25) is 0 Å². The lowest BCUT2D eigenvalue weighted by molar-refractivity contribution is -0.127. The van der Waals surface area contributed by atoms with Crippen LogP contribution in [0, 0.1) is 6.92 Å². The fourth-order valence-corrected chi connectivity index (χ4v) is 3.81. The quantitative estimate of drug-likeness (QED) is 0.447. The Morgan fingerprint density at radius 3 is 2.47 bits per heavy atom. The number of benzene rings is 2. The van der Waals surface area contributed by atoms with Crippen molar-refractivity contribution in [2.75, 3.05) is 6.54 Å². The zero-order valence-electron chi connectivity index (χ0n) is 18.7. The maximum atomic E-state index is 12.6. The highest BCUT2D eigenvalue weighted by Crippen LogP contribution is 2.33. The molecule has 0 spiro atoms. The minimum absolute atomic E-state index is 0.163. The van der Waals surface area contributed by atoms with Gasteiger partial charge in [-0.2, -0.15) is 10.1 Å². The Morgan fingerprint density at radius 1 is 1.09 bits per heavy atom. The van der Waals surface area contributed by atoms with Crippen molar-refractivity contribution in [2.45, 2.75) is 39.8 Å². The van der Waals surface area contributed by atoms with Gasteiger partial charge < -0.3 is 10.1 Å². The number of pyridine rings is 1. The average Bonchev–Trinajstić information content (AvgIpc) is 3.15. The van der Waals surface area contributed by atoms with E-state index >= 15 is 0 Å². The molecule has 0 radical (unpaired) electrons. The number of fused-ring (bicyclic) bond motifs is 1. The molecule has 6 heteroatoms. The van der Waals surface area contributed by atoms with Gasteiger partial charge in [0.1, 0.15) is 0 Å². The van der Waals surface area contributed by atoms with Crippen molar-refractivity contribution in [2.24, 2.45) is 0 Å². The first-order valence-corrected chi connectivity index (χ1v) is 11.0. The highest BCUT2D eigenvalue weighted by molar-refractivity contribution is 5.95.